The Bertz CT molecular complexity index is 2820. The van der Waals surface area contributed by atoms with Crippen molar-refractivity contribution in [3.05, 3.63) is 170 Å². The molecule has 3 heteroatoms. The van der Waals surface area contributed by atoms with Crippen molar-refractivity contribution in [1.29, 1.82) is 0 Å². The minimum absolute atomic E-state index is 0.677. The smallest absolute Gasteiger partial charge is 0.180 e. The Morgan fingerprint density at radius 3 is 1.45 bits per heavy atom. The zero-order valence-electron chi connectivity index (χ0n) is 26.5. The summed E-state index contributed by atoms with van der Waals surface area (Å²) >= 11 is 0. The van der Waals surface area contributed by atoms with Gasteiger partial charge in [-0.2, -0.15) is 0 Å². The minimum Gasteiger partial charge on any atom is -0.452 e. The molecule has 8 aromatic carbocycles. The fraction of sp³-hybridized carbons (Fsp3) is 0. The Labute approximate surface area is 282 Å². The third-order valence-electron chi connectivity index (χ3n) is 9.69. The number of furan rings is 1. The fourth-order valence-electron chi connectivity index (χ4n) is 7.27. The van der Waals surface area contributed by atoms with E-state index in [4.69, 9.17) is 14.4 Å². The summed E-state index contributed by atoms with van der Waals surface area (Å²) in [5.41, 5.74) is 9.60. The molecule has 10 aromatic rings. The van der Waals surface area contributed by atoms with Crippen LogP contribution in [0.25, 0.3) is 99.3 Å². The molecule has 0 atom stereocenters. The predicted octanol–water partition coefficient (Wildman–Crippen LogP) is 12.5. The van der Waals surface area contributed by atoms with Crippen LogP contribution in [0.5, 0.6) is 0 Å². The van der Waals surface area contributed by atoms with Gasteiger partial charge in [-0.3, -0.25) is 0 Å². The Balaban J connectivity index is 1.12. The molecule has 0 aliphatic carbocycles. The Morgan fingerprint density at radius 1 is 0.327 bits per heavy atom. The van der Waals surface area contributed by atoms with E-state index >= 15 is 0 Å². The van der Waals surface area contributed by atoms with Gasteiger partial charge in [-0.05, 0) is 72.8 Å². The van der Waals surface area contributed by atoms with Crippen molar-refractivity contribution in [1.82, 2.24) is 9.97 Å². The summed E-state index contributed by atoms with van der Waals surface area (Å²) in [6.45, 7) is 0. The molecule has 228 valence electrons. The number of hydrogen-bond donors (Lipinski definition) is 0. The maximum atomic E-state index is 6.61. The maximum absolute atomic E-state index is 6.61. The van der Waals surface area contributed by atoms with Gasteiger partial charge in [-0.25, -0.2) is 9.97 Å². The zero-order chi connectivity index (χ0) is 32.3. The number of fused-ring (bicyclic) bond motifs is 9. The number of aromatic nitrogens is 2. The molecule has 2 heterocycles. The second-order valence-electron chi connectivity index (χ2n) is 12.5. The first-order chi connectivity index (χ1) is 24.3. The summed E-state index contributed by atoms with van der Waals surface area (Å²) in [7, 11) is 0. The van der Waals surface area contributed by atoms with Crippen LogP contribution in [0.15, 0.2) is 174 Å². The summed E-state index contributed by atoms with van der Waals surface area (Å²) < 4.78 is 6.61. The third kappa shape index (κ3) is 4.51. The van der Waals surface area contributed by atoms with Crippen LogP contribution in [-0.2, 0) is 0 Å². The SMILES string of the molecule is c1ccc(-c2ccc3c(c2)oc2c(-c4ccc(-c5ccc6c7ccccc7c7ccccc7c6c5)cc4)nc(-c4ccccc4)nc23)cc1. The lowest BCUT2D eigenvalue weighted by atomic mass is 9.92. The van der Waals surface area contributed by atoms with Crippen molar-refractivity contribution >= 4 is 54.4 Å². The van der Waals surface area contributed by atoms with Crippen molar-refractivity contribution in [2.24, 2.45) is 0 Å². The monoisotopic (exact) mass is 624 g/mol. The van der Waals surface area contributed by atoms with E-state index in [1.807, 2.05) is 24.3 Å². The molecule has 0 aliphatic heterocycles. The quantitative estimate of drug-likeness (QED) is 0.183. The number of nitrogens with zero attached hydrogens (tertiary/aromatic N) is 2. The molecule has 0 saturated carbocycles. The van der Waals surface area contributed by atoms with Crippen LogP contribution in [0.2, 0.25) is 0 Å². The molecule has 0 bridgehead atoms. The van der Waals surface area contributed by atoms with Crippen molar-refractivity contribution in [2.75, 3.05) is 0 Å². The standard InChI is InChI=1S/C46H28N2O/c1-3-11-29(12-4-1)34-24-26-40-42(28-34)49-45-43(47-46(48-44(40)45)32-13-5-2-6-14-32)31-21-19-30(20-22-31)33-23-25-39-37-17-8-7-15-35(37)36-16-9-10-18-38(36)41(39)27-33/h1-28H. The van der Waals surface area contributed by atoms with Gasteiger partial charge in [-0.1, -0.05) is 152 Å². The number of benzene rings is 8. The molecule has 0 aliphatic rings. The van der Waals surface area contributed by atoms with E-state index in [1.165, 1.54) is 37.9 Å². The normalized spacial score (nSPS) is 11.7. The molecule has 0 radical (unpaired) electrons. The fourth-order valence-corrected chi connectivity index (χ4v) is 7.27. The molecule has 0 amide bonds. The lowest BCUT2D eigenvalue weighted by Gasteiger charge is -2.12. The predicted molar refractivity (Wildman–Crippen MR) is 204 cm³/mol. The Morgan fingerprint density at radius 2 is 0.796 bits per heavy atom. The van der Waals surface area contributed by atoms with Gasteiger partial charge in [0, 0.05) is 16.5 Å². The van der Waals surface area contributed by atoms with E-state index in [9.17, 15) is 0 Å². The highest BCUT2D eigenvalue weighted by Gasteiger charge is 2.19. The topological polar surface area (TPSA) is 38.9 Å². The number of hydrogen-bond acceptors (Lipinski definition) is 3. The van der Waals surface area contributed by atoms with Crippen LogP contribution >= 0.6 is 0 Å². The van der Waals surface area contributed by atoms with Gasteiger partial charge in [0.2, 0.25) is 0 Å². The van der Waals surface area contributed by atoms with Crippen LogP contribution in [0.1, 0.15) is 0 Å². The first-order valence-corrected chi connectivity index (χ1v) is 16.6. The second-order valence-corrected chi connectivity index (χ2v) is 12.5. The molecule has 2 aromatic heterocycles. The highest BCUT2D eigenvalue weighted by Crippen LogP contribution is 2.39. The second kappa shape index (κ2) is 11.0. The summed E-state index contributed by atoms with van der Waals surface area (Å²) in [6.07, 6.45) is 0. The van der Waals surface area contributed by atoms with Crippen LogP contribution in [0, 0.1) is 0 Å². The van der Waals surface area contributed by atoms with Crippen molar-refractivity contribution in [3.63, 3.8) is 0 Å². The van der Waals surface area contributed by atoms with E-state index in [0.717, 1.165) is 50.0 Å². The molecule has 10 rings (SSSR count). The molecule has 0 N–H and O–H groups in total. The van der Waals surface area contributed by atoms with Crippen molar-refractivity contribution < 1.29 is 4.42 Å². The summed E-state index contributed by atoms with van der Waals surface area (Å²) in [5.74, 6) is 0.677. The Kier molecular flexibility index (Phi) is 6.18. The first kappa shape index (κ1) is 27.5. The first-order valence-electron chi connectivity index (χ1n) is 16.6. The average Bonchev–Trinajstić information content (AvgIpc) is 3.56. The number of rotatable bonds is 4. The highest BCUT2D eigenvalue weighted by molar-refractivity contribution is 6.25. The highest BCUT2D eigenvalue weighted by atomic mass is 16.3. The summed E-state index contributed by atoms with van der Waals surface area (Å²) in [6, 6.07) is 59.8. The van der Waals surface area contributed by atoms with Gasteiger partial charge < -0.3 is 4.42 Å². The van der Waals surface area contributed by atoms with Gasteiger partial charge in [0.1, 0.15) is 16.8 Å². The van der Waals surface area contributed by atoms with Gasteiger partial charge in [0.15, 0.2) is 11.4 Å². The molecular weight excluding hydrogens is 597 g/mol. The van der Waals surface area contributed by atoms with Crippen molar-refractivity contribution in [3.8, 4) is 44.9 Å². The van der Waals surface area contributed by atoms with E-state index in [-0.39, 0.29) is 0 Å². The molecule has 0 saturated heterocycles. The molecule has 3 nitrogen and oxygen atoms in total. The molecule has 0 fully saturated rings. The summed E-state index contributed by atoms with van der Waals surface area (Å²) in [4.78, 5) is 10.2. The molecular formula is C46H28N2O. The van der Waals surface area contributed by atoms with Crippen LogP contribution < -0.4 is 0 Å². The molecule has 0 spiro atoms. The van der Waals surface area contributed by atoms with E-state index in [2.05, 4.69) is 146 Å². The van der Waals surface area contributed by atoms with Crippen LogP contribution in [0.3, 0.4) is 0 Å². The third-order valence-corrected chi connectivity index (χ3v) is 9.69. The lowest BCUT2D eigenvalue weighted by Crippen LogP contribution is -1.93. The van der Waals surface area contributed by atoms with Gasteiger partial charge in [0.25, 0.3) is 0 Å². The molecule has 0 unspecified atom stereocenters. The minimum atomic E-state index is 0.677. The van der Waals surface area contributed by atoms with E-state index < -0.39 is 0 Å². The van der Waals surface area contributed by atoms with E-state index in [1.54, 1.807) is 0 Å². The van der Waals surface area contributed by atoms with Crippen LogP contribution in [0.4, 0.5) is 0 Å². The Hall–Kier alpha value is -6.58. The molecule has 49 heavy (non-hydrogen) atoms. The average molecular weight is 625 g/mol. The summed E-state index contributed by atoms with van der Waals surface area (Å²) in [5, 5.41) is 8.62. The van der Waals surface area contributed by atoms with Gasteiger partial charge in [0.05, 0.1) is 0 Å². The largest absolute Gasteiger partial charge is 0.452 e. The maximum Gasteiger partial charge on any atom is 0.180 e. The zero-order valence-corrected chi connectivity index (χ0v) is 26.5. The van der Waals surface area contributed by atoms with Gasteiger partial charge in [-0.15, -0.1) is 0 Å². The lowest BCUT2D eigenvalue weighted by molar-refractivity contribution is 0.667. The van der Waals surface area contributed by atoms with E-state index in [0.29, 0.717) is 11.4 Å². The van der Waals surface area contributed by atoms with Gasteiger partial charge >= 0.3 is 0 Å². The van der Waals surface area contributed by atoms with Crippen LogP contribution in [-0.4, -0.2) is 9.97 Å². The van der Waals surface area contributed by atoms with Crippen molar-refractivity contribution in [2.45, 2.75) is 0 Å².